The van der Waals surface area contributed by atoms with Crippen molar-refractivity contribution in [3.63, 3.8) is 0 Å². The SMILES string of the molecule is CC1CCC(B2OCCCO2)CC1. The van der Waals surface area contributed by atoms with Crippen LogP contribution in [-0.2, 0) is 9.31 Å². The first kappa shape index (κ1) is 9.54. The van der Waals surface area contributed by atoms with Crippen molar-refractivity contribution in [2.24, 2.45) is 5.92 Å². The predicted octanol–water partition coefficient (Wildman–Crippen LogP) is 2.49. The van der Waals surface area contributed by atoms with Gasteiger partial charge in [0.15, 0.2) is 0 Å². The van der Waals surface area contributed by atoms with Crippen LogP contribution in [0.3, 0.4) is 0 Å². The van der Waals surface area contributed by atoms with E-state index in [1.54, 1.807) is 0 Å². The Kier molecular flexibility index (Phi) is 3.28. The van der Waals surface area contributed by atoms with Crippen molar-refractivity contribution in [2.45, 2.75) is 44.8 Å². The van der Waals surface area contributed by atoms with E-state index in [9.17, 15) is 0 Å². The minimum absolute atomic E-state index is 0.126. The van der Waals surface area contributed by atoms with E-state index in [1.807, 2.05) is 0 Å². The lowest BCUT2D eigenvalue weighted by molar-refractivity contribution is 0.120. The molecule has 74 valence electrons. The maximum absolute atomic E-state index is 5.63. The molecule has 2 fully saturated rings. The van der Waals surface area contributed by atoms with Gasteiger partial charge in [-0.15, -0.1) is 0 Å². The van der Waals surface area contributed by atoms with Crippen molar-refractivity contribution in [3.05, 3.63) is 0 Å². The largest absolute Gasteiger partial charge is 0.460 e. The lowest BCUT2D eigenvalue weighted by atomic mass is 9.62. The summed E-state index contributed by atoms with van der Waals surface area (Å²) in [5, 5.41) is 0. The van der Waals surface area contributed by atoms with Crippen LogP contribution in [0.5, 0.6) is 0 Å². The van der Waals surface area contributed by atoms with E-state index in [1.165, 1.54) is 25.7 Å². The monoisotopic (exact) mass is 182 g/mol. The third-order valence-corrected chi connectivity index (χ3v) is 3.30. The highest BCUT2D eigenvalue weighted by Crippen LogP contribution is 2.35. The molecule has 0 amide bonds. The molecule has 0 N–H and O–H groups in total. The van der Waals surface area contributed by atoms with Gasteiger partial charge >= 0.3 is 7.12 Å². The van der Waals surface area contributed by atoms with E-state index in [0.717, 1.165) is 25.6 Å². The zero-order valence-electron chi connectivity index (χ0n) is 8.50. The van der Waals surface area contributed by atoms with Crippen molar-refractivity contribution in [2.75, 3.05) is 13.2 Å². The van der Waals surface area contributed by atoms with Crippen LogP contribution in [0.2, 0.25) is 5.82 Å². The molecule has 0 aromatic carbocycles. The predicted molar refractivity (Wildman–Crippen MR) is 53.7 cm³/mol. The summed E-state index contributed by atoms with van der Waals surface area (Å²) in [7, 11) is 0.126. The van der Waals surface area contributed by atoms with E-state index in [-0.39, 0.29) is 7.12 Å². The highest BCUT2D eigenvalue weighted by atomic mass is 16.6. The number of hydrogen-bond donors (Lipinski definition) is 0. The van der Waals surface area contributed by atoms with Crippen molar-refractivity contribution < 1.29 is 9.31 Å². The average Bonchev–Trinajstić information content (AvgIpc) is 2.20. The molecule has 0 spiro atoms. The quantitative estimate of drug-likeness (QED) is 0.580. The Bertz CT molecular complexity index is 149. The van der Waals surface area contributed by atoms with E-state index >= 15 is 0 Å². The molecule has 0 aromatic rings. The molecule has 1 saturated heterocycles. The second-order valence-electron chi connectivity index (χ2n) is 4.48. The molecular weight excluding hydrogens is 163 g/mol. The Hall–Kier alpha value is -0.0151. The van der Waals surface area contributed by atoms with Crippen LogP contribution < -0.4 is 0 Å². The second kappa shape index (κ2) is 4.47. The van der Waals surface area contributed by atoms with Crippen LogP contribution in [0.25, 0.3) is 0 Å². The zero-order valence-corrected chi connectivity index (χ0v) is 8.50. The highest BCUT2D eigenvalue weighted by molar-refractivity contribution is 6.46. The van der Waals surface area contributed by atoms with E-state index in [0.29, 0.717) is 5.82 Å². The first-order valence-electron chi connectivity index (χ1n) is 5.59. The van der Waals surface area contributed by atoms with Gasteiger partial charge in [0.2, 0.25) is 0 Å². The van der Waals surface area contributed by atoms with Gasteiger partial charge < -0.3 is 9.31 Å². The topological polar surface area (TPSA) is 18.5 Å². The van der Waals surface area contributed by atoms with Gasteiger partial charge in [0.25, 0.3) is 0 Å². The Balaban J connectivity index is 1.79. The zero-order chi connectivity index (χ0) is 9.10. The smallest absolute Gasteiger partial charge is 0.411 e. The Morgan fingerprint density at radius 1 is 1.00 bits per heavy atom. The minimum atomic E-state index is 0.126. The van der Waals surface area contributed by atoms with Gasteiger partial charge in [-0.3, -0.25) is 0 Å². The molecule has 3 heteroatoms. The standard InChI is InChI=1S/C10H19BO2/c1-9-3-5-10(6-4-9)11-12-7-2-8-13-11/h9-10H,2-8H2,1H3. The summed E-state index contributed by atoms with van der Waals surface area (Å²) in [6, 6.07) is 0. The van der Waals surface area contributed by atoms with E-state index in [2.05, 4.69) is 6.92 Å². The number of hydrogen-bond acceptors (Lipinski definition) is 2. The number of rotatable bonds is 1. The van der Waals surface area contributed by atoms with Crippen molar-refractivity contribution >= 4 is 7.12 Å². The summed E-state index contributed by atoms with van der Waals surface area (Å²) in [5.41, 5.74) is 0. The van der Waals surface area contributed by atoms with E-state index in [4.69, 9.17) is 9.31 Å². The minimum Gasteiger partial charge on any atom is -0.411 e. The average molecular weight is 182 g/mol. The van der Waals surface area contributed by atoms with Gasteiger partial charge in [-0.2, -0.15) is 0 Å². The summed E-state index contributed by atoms with van der Waals surface area (Å²) in [5.74, 6) is 1.59. The molecule has 1 aliphatic heterocycles. The van der Waals surface area contributed by atoms with Crippen molar-refractivity contribution in [3.8, 4) is 0 Å². The molecule has 2 aliphatic rings. The third-order valence-electron chi connectivity index (χ3n) is 3.30. The molecule has 1 saturated carbocycles. The molecule has 0 unspecified atom stereocenters. The van der Waals surface area contributed by atoms with Gasteiger partial charge in [-0.1, -0.05) is 32.6 Å². The fourth-order valence-electron chi connectivity index (χ4n) is 2.34. The Morgan fingerprint density at radius 2 is 1.62 bits per heavy atom. The normalized spacial score (nSPS) is 36.2. The molecule has 13 heavy (non-hydrogen) atoms. The van der Waals surface area contributed by atoms with Gasteiger partial charge in [-0.25, -0.2) is 0 Å². The fraction of sp³-hybridized carbons (Fsp3) is 1.00. The van der Waals surface area contributed by atoms with Crippen molar-refractivity contribution in [1.29, 1.82) is 0 Å². The summed E-state index contributed by atoms with van der Waals surface area (Å²) in [4.78, 5) is 0. The van der Waals surface area contributed by atoms with Gasteiger partial charge in [0, 0.05) is 13.2 Å². The summed E-state index contributed by atoms with van der Waals surface area (Å²) in [6.45, 7) is 4.15. The van der Waals surface area contributed by atoms with Gasteiger partial charge in [0.1, 0.15) is 0 Å². The maximum Gasteiger partial charge on any atom is 0.460 e. The Morgan fingerprint density at radius 3 is 2.23 bits per heavy atom. The van der Waals surface area contributed by atoms with Gasteiger partial charge in [-0.05, 0) is 18.2 Å². The summed E-state index contributed by atoms with van der Waals surface area (Å²) < 4.78 is 11.3. The maximum atomic E-state index is 5.63. The second-order valence-corrected chi connectivity index (χ2v) is 4.48. The third kappa shape index (κ3) is 2.47. The fourth-order valence-corrected chi connectivity index (χ4v) is 2.34. The molecule has 1 heterocycles. The summed E-state index contributed by atoms with van der Waals surface area (Å²) >= 11 is 0. The first-order chi connectivity index (χ1) is 6.36. The van der Waals surface area contributed by atoms with Crippen LogP contribution >= 0.6 is 0 Å². The summed E-state index contributed by atoms with van der Waals surface area (Å²) in [6.07, 6.45) is 6.37. The Labute approximate surface area is 81.1 Å². The van der Waals surface area contributed by atoms with Crippen LogP contribution in [0.4, 0.5) is 0 Å². The molecule has 0 atom stereocenters. The first-order valence-corrected chi connectivity index (χ1v) is 5.59. The van der Waals surface area contributed by atoms with Crippen molar-refractivity contribution in [1.82, 2.24) is 0 Å². The van der Waals surface area contributed by atoms with Crippen LogP contribution in [-0.4, -0.2) is 20.3 Å². The van der Waals surface area contributed by atoms with Crippen LogP contribution in [0, 0.1) is 5.92 Å². The lowest BCUT2D eigenvalue weighted by Crippen LogP contribution is -2.35. The molecular formula is C10H19BO2. The van der Waals surface area contributed by atoms with Gasteiger partial charge in [0.05, 0.1) is 0 Å². The molecule has 0 radical (unpaired) electrons. The van der Waals surface area contributed by atoms with E-state index < -0.39 is 0 Å². The molecule has 0 aromatic heterocycles. The molecule has 1 aliphatic carbocycles. The molecule has 2 nitrogen and oxygen atoms in total. The lowest BCUT2D eigenvalue weighted by Gasteiger charge is -2.31. The van der Waals surface area contributed by atoms with Crippen LogP contribution in [0.1, 0.15) is 39.0 Å². The highest BCUT2D eigenvalue weighted by Gasteiger charge is 2.34. The molecule has 2 rings (SSSR count). The van der Waals surface area contributed by atoms with Crippen LogP contribution in [0.15, 0.2) is 0 Å². The molecule has 0 bridgehead atoms.